The van der Waals surface area contributed by atoms with Gasteiger partial charge in [0.15, 0.2) is 0 Å². The number of nitrogens with zero attached hydrogens (tertiary/aromatic N) is 1. The number of thiocarbonyl (C=S) groups is 1. The van der Waals surface area contributed by atoms with Crippen LogP contribution in [0.15, 0.2) is 48.5 Å². The van der Waals surface area contributed by atoms with E-state index in [9.17, 15) is 4.39 Å². The van der Waals surface area contributed by atoms with Gasteiger partial charge in [-0.1, -0.05) is 36.5 Å². The fourth-order valence-electron chi connectivity index (χ4n) is 1.83. The molecule has 2 aromatic carbocycles. The van der Waals surface area contributed by atoms with Crippen LogP contribution in [0.2, 0.25) is 0 Å². The monoisotopic (exact) mass is 260 g/mol. The van der Waals surface area contributed by atoms with Gasteiger partial charge in [0.2, 0.25) is 0 Å². The summed E-state index contributed by atoms with van der Waals surface area (Å²) in [6.07, 6.45) is 0. The van der Waals surface area contributed by atoms with Crippen molar-refractivity contribution in [2.24, 2.45) is 5.73 Å². The van der Waals surface area contributed by atoms with Crippen LogP contribution >= 0.6 is 12.2 Å². The van der Waals surface area contributed by atoms with E-state index < -0.39 is 5.82 Å². The Morgan fingerprint density at radius 2 is 1.78 bits per heavy atom. The molecule has 0 saturated carbocycles. The van der Waals surface area contributed by atoms with E-state index in [1.165, 1.54) is 6.07 Å². The van der Waals surface area contributed by atoms with Gasteiger partial charge in [-0.25, -0.2) is 4.39 Å². The minimum atomic E-state index is -0.400. The van der Waals surface area contributed by atoms with Crippen molar-refractivity contribution >= 4 is 28.6 Å². The molecule has 0 aromatic heterocycles. The van der Waals surface area contributed by atoms with Crippen molar-refractivity contribution in [3.05, 3.63) is 59.9 Å². The largest absolute Gasteiger partial charge is 0.389 e. The Balaban J connectivity index is 2.52. The quantitative estimate of drug-likeness (QED) is 0.859. The van der Waals surface area contributed by atoms with E-state index in [0.29, 0.717) is 5.69 Å². The van der Waals surface area contributed by atoms with Crippen LogP contribution in [0.5, 0.6) is 0 Å². The maximum absolute atomic E-state index is 13.8. The van der Waals surface area contributed by atoms with Crippen molar-refractivity contribution in [2.45, 2.75) is 0 Å². The first kappa shape index (κ1) is 12.5. The molecule has 0 spiro atoms. The summed E-state index contributed by atoms with van der Waals surface area (Å²) in [6, 6.07) is 14.4. The number of hydrogen-bond donors (Lipinski definition) is 1. The molecule has 0 aliphatic rings. The summed E-state index contributed by atoms with van der Waals surface area (Å²) in [6.45, 7) is 0. The number of hydrogen-bond acceptors (Lipinski definition) is 2. The molecule has 0 fully saturated rings. The first-order chi connectivity index (χ1) is 8.61. The molecule has 92 valence electrons. The lowest BCUT2D eigenvalue weighted by Gasteiger charge is -2.22. The molecule has 0 heterocycles. The third kappa shape index (κ3) is 2.33. The number of benzene rings is 2. The van der Waals surface area contributed by atoms with E-state index >= 15 is 0 Å². The minimum absolute atomic E-state index is 0.0610. The van der Waals surface area contributed by atoms with E-state index in [2.05, 4.69) is 0 Å². The minimum Gasteiger partial charge on any atom is -0.389 e. The smallest absolute Gasteiger partial charge is 0.135 e. The van der Waals surface area contributed by atoms with Crippen LogP contribution in [0.4, 0.5) is 15.8 Å². The fraction of sp³-hybridized carbons (Fsp3) is 0.0714. The molecule has 0 unspecified atom stereocenters. The summed E-state index contributed by atoms with van der Waals surface area (Å²) in [5.41, 5.74) is 7.48. The second-order valence-corrected chi connectivity index (χ2v) is 4.33. The zero-order chi connectivity index (χ0) is 13.1. The Kier molecular flexibility index (Phi) is 3.58. The predicted octanol–water partition coefficient (Wildman–Crippen LogP) is 3.23. The Morgan fingerprint density at radius 3 is 2.39 bits per heavy atom. The second-order valence-electron chi connectivity index (χ2n) is 3.89. The summed E-state index contributed by atoms with van der Waals surface area (Å²) in [5, 5.41) is 0. The average Bonchev–Trinajstić information content (AvgIpc) is 2.38. The van der Waals surface area contributed by atoms with E-state index in [1.54, 1.807) is 12.1 Å². The van der Waals surface area contributed by atoms with Crippen molar-refractivity contribution < 1.29 is 4.39 Å². The number of anilines is 2. The third-order valence-electron chi connectivity index (χ3n) is 2.74. The van der Waals surface area contributed by atoms with E-state index in [-0.39, 0.29) is 10.6 Å². The highest BCUT2D eigenvalue weighted by Crippen LogP contribution is 2.28. The van der Waals surface area contributed by atoms with E-state index in [1.807, 2.05) is 42.3 Å². The second kappa shape index (κ2) is 5.14. The molecule has 18 heavy (non-hydrogen) atoms. The Hall–Kier alpha value is -1.94. The molecule has 0 radical (unpaired) electrons. The van der Waals surface area contributed by atoms with Crippen LogP contribution in [0.3, 0.4) is 0 Å². The predicted molar refractivity (Wildman–Crippen MR) is 76.8 cm³/mol. The Bertz CT molecular complexity index is 569. The topological polar surface area (TPSA) is 29.3 Å². The SMILES string of the molecule is CN(c1ccccc1)c1cccc(F)c1C(N)=S. The van der Waals surface area contributed by atoms with Crippen molar-refractivity contribution in [3.8, 4) is 0 Å². The fourth-order valence-corrected chi connectivity index (χ4v) is 2.03. The normalized spacial score (nSPS) is 10.1. The molecule has 2 nitrogen and oxygen atoms in total. The highest BCUT2D eigenvalue weighted by molar-refractivity contribution is 7.80. The van der Waals surface area contributed by atoms with Crippen LogP contribution in [-0.4, -0.2) is 12.0 Å². The van der Waals surface area contributed by atoms with E-state index in [4.69, 9.17) is 18.0 Å². The van der Waals surface area contributed by atoms with Crippen LogP contribution in [0.25, 0.3) is 0 Å². The van der Waals surface area contributed by atoms with Gasteiger partial charge >= 0.3 is 0 Å². The van der Waals surface area contributed by atoms with Gasteiger partial charge in [0.05, 0.1) is 11.3 Å². The van der Waals surface area contributed by atoms with Gasteiger partial charge < -0.3 is 10.6 Å². The highest BCUT2D eigenvalue weighted by atomic mass is 32.1. The Labute approximate surface area is 111 Å². The average molecular weight is 260 g/mol. The summed E-state index contributed by atoms with van der Waals surface area (Å²) >= 11 is 4.92. The van der Waals surface area contributed by atoms with Crippen LogP contribution in [0, 0.1) is 5.82 Å². The zero-order valence-electron chi connectivity index (χ0n) is 9.93. The molecule has 0 aliphatic carbocycles. The van der Waals surface area contributed by atoms with Gasteiger partial charge in [-0.2, -0.15) is 0 Å². The van der Waals surface area contributed by atoms with Gasteiger partial charge in [-0.15, -0.1) is 0 Å². The highest BCUT2D eigenvalue weighted by Gasteiger charge is 2.15. The molecule has 0 atom stereocenters. The summed E-state index contributed by atoms with van der Waals surface area (Å²) < 4.78 is 13.8. The number of nitrogens with two attached hydrogens (primary N) is 1. The van der Waals surface area contributed by atoms with Gasteiger partial charge in [0.1, 0.15) is 10.8 Å². The Morgan fingerprint density at radius 1 is 1.11 bits per heavy atom. The summed E-state index contributed by atoms with van der Waals surface area (Å²) in [7, 11) is 1.85. The molecule has 2 aromatic rings. The molecule has 0 saturated heterocycles. The van der Waals surface area contributed by atoms with Crippen LogP contribution in [0.1, 0.15) is 5.56 Å². The maximum Gasteiger partial charge on any atom is 0.135 e. The van der Waals surface area contributed by atoms with Crippen molar-refractivity contribution in [1.29, 1.82) is 0 Å². The molecule has 0 aliphatic heterocycles. The lowest BCUT2D eigenvalue weighted by Crippen LogP contribution is -2.19. The molecular formula is C14H13FN2S. The van der Waals surface area contributed by atoms with Gasteiger partial charge in [0, 0.05) is 12.7 Å². The molecule has 2 N–H and O–H groups in total. The summed E-state index contributed by atoms with van der Waals surface area (Å²) in [5.74, 6) is -0.400. The molecular weight excluding hydrogens is 247 g/mol. The lowest BCUT2D eigenvalue weighted by molar-refractivity contribution is 0.625. The maximum atomic E-state index is 13.8. The van der Waals surface area contributed by atoms with E-state index in [0.717, 1.165) is 5.69 Å². The zero-order valence-corrected chi connectivity index (χ0v) is 10.7. The number of halogens is 1. The first-order valence-electron chi connectivity index (χ1n) is 5.48. The van der Waals surface area contributed by atoms with Gasteiger partial charge in [-0.3, -0.25) is 0 Å². The molecule has 0 bridgehead atoms. The molecule has 0 amide bonds. The molecule has 2 rings (SSSR count). The third-order valence-corrected chi connectivity index (χ3v) is 2.95. The summed E-state index contributed by atoms with van der Waals surface area (Å²) in [4.78, 5) is 1.92. The molecule has 4 heteroatoms. The lowest BCUT2D eigenvalue weighted by atomic mass is 10.1. The van der Waals surface area contributed by atoms with Crippen molar-refractivity contribution in [2.75, 3.05) is 11.9 Å². The van der Waals surface area contributed by atoms with Gasteiger partial charge in [-0.05, 0) is 24.3 Å². The number of rotatable bonds is 3. The standard InChI is InChI=1S/C14H13FN2S/c1-17(10-6-3-2-4-7-10)12-9-5-8-11(15)13(12)14(16)18/h2-9H,1H3,(H2,16,18). The van der Waals surface area contributed by atoms with Crippen molar-refractivity contribution in [1.82, 2.24) is 0 Å². The first-order valence-corrected chi connectivity index (χ1v) is 5.89. The van der Waals surface area contributed by atoms with Gasteiger partial charge in [0.25, 0.3) is 0 Å². The number of para-hydroxylation sites is 1. The van der Waals surface area contributed by atoms with Crippen molar-refractivity contribution in [3.63, 3.8) is 0 Å². The van der Waals surface area contributed by atoms with Crippen LogP contribution in [-0.2, 0) is 0 Å². The van der Waals surface area contributed by atoms with Crippen LogP contribution < -0.4 is 10.6 Å².